The van der Waals surface area contributed by atoms with E-state index < -0.39 is 5.82 Å². The van der Waals surface area contributed by atoms with Crippen LogP contribution in [0.1, 0.15) is 11.9 Å². The second-order valence-corrected chi connectivity index (χ2v) is 5.84. The number of halogens is 3. The van der Waals surface area contributed by atoms with E-state index in [-0.39, 0.29) is 11.6 Å². The molecule has 0 bridgehead atoms. The molecule has 4 nitrogen and oxygen atoms in total. The van der Waals surface area contributed by atoms with Gasteiger partial charge in [0.25, 0.3) is 0 Å². The third kappa shape index (κ3) is 3.77. The molecule has 1 aromatic heterocycles. The highest BCUT2D eigenvalue weighted by Crippen LogP contribution is 2.31. The third-order valence-electron chi connectivity index (χ3n) is 2.12. The normalized spacial score (nSPS) is 10.5. The summed E-state index contributed by atoms with van der Waals surface area (Å²) in [5.74, 6) is -0.146. The Morgan fingerprint density at radius 2 is 2.26 bits per heavy atom. The van der Waals surface area contributed by atoms with Crippen LogP contribution in [0.4, 0.5) is 9.52 Å². The molecule has 0 atom stereocenters. The van der Waals surface area contributed by atoms with Gasteiger partial charge in [0.15, 0.2) is 5.01 Å². The molecule has 19 heavy (non-hydrogen) atoms. The monoisotopic (exact) mass is 365 g/mol. The zero-order chi connectivity index (χ0) is 13.8. The Morgan fingerprint density at radius 1 is 1.47 bits per heavy atom. The maximum atomic E-state index is 13.3. The van der Waals surface area contributed by atoms with Gasteiger partial charge in [0.1, 0.15) is 18.2 Å². The van der Waals surface area contributed by atoms with Crippen molar-refractivity contribution in [1.82, 2.24) is 10.2 Å². The highest BCUT2D eigenvalue weighted by molar-refractivity contribution is 9.10. The van der Waals surface area contributed by atoms with E-state index in [1.807, 2.05) is 6.92 Å². The van der Waals surface area contributed by atoms with Crippen molar-refractivity contribution in [2.24, 2.45) is 0 Å². The summed E-state index contributed by atoms with van der Waals surface area (Å²) in [5.41, 5.74) is 0. The van der Waals surface area contributed by atoms with Crippen LogP contribution in [-0.4, -0.2) is 16.7 Å². The summed E-state index contributed by atoms with van der Waals surface area (Å²) in [6.07, 6.45) is 0. The Labute approximate surface area is 127 Å². The number of hydrogen-bond acceptors (Lipinski definition) is 5. The van der Waals surface area contributed by atoms with Gasteiger partial charge in [-0.25, -0.2) is 4.39 Å². The topological polar surface area (TPSA) is 47.0 Å². The van der Waals surface area contributed by atoms with Crippen LogP contribution < -0.4 is 10.1 Å². The first kappa shape index (κ1) is 14.5. The van der Waals surface area contributed by atoms with Crippen LogP contribution in [0.15, 0.2) is 16.6 Å². The average molecular weight is 367 g/mol. The van der Waals surface area contributed by atoms with E-state index in [1.54, 1.807) is 0 Å². The fourth-order valence-electron chi connectivity index (χ4n) is 1.29. The molecule has 1 N–H and O–H groups in total. The van der Waals surface area contributed by atoms with Crippen LogP contribution >= 0.6 is 38.9 Å². The summed E-state index contributed by atoms with van der Waals surface area (Å²) in [6, 6.07) is 2.69. The van der Waals surface area contributed by atoms with Crippen LogP contribution in [0, 0.1) is 5.82 Å². The second kappa shape index (κ2) is 6.49. The van der Waals surface area contributed by atoms with E-state index in [4.69, 9.17) is 16.3 Å². The molecule has 0 amide bonds. The van der Waals surface area contributed by atoms with Crippen LogP contribution in [0.25, 0.3) is 0 Å². The molecule has 1 aromatic carbocycles. The van der Waals surface area contributed by atoms with Crippen molar-refractivity contribution in [2.75, 3.05) is 11.9 Å². The second-order valence-electron chi connectivity index (χ2n) is 3.52. The molecule has 0 spiro atoms. The van der Waals surface area contributed by atoms with Crippen LogP contribution in [0.5, 0.6) is 5.75 Å². The van der Waals surface area contributed by atoms with Gasteiger partial charge in [-0.3, -0.25) is 0 Å². The van der Waals surface area contributed by atoms with Crippen molar-refractivity contribution in [2.45, 2.75) is 13.5 Å². The molecule has 0 fully saturated rings. The quantitative estimate of drug-likeness (QED) is 0.809. The molecular formula is C11H10BrClFN3OS. The van der Waals surface area contributed by atoms with Crippen LogP contribution in [0.3, 0.4) is 0 Å². The number of aromatic nitrogens is 2. The molecule has 2 aromatic rings. The predicted octanol–water partition coefficient (Wildman–Crippen LogP) is 4.10. The van der Waals surface area contributed by atoms with Gasteiger partial charge >= 0.3 is 0 Å². The summed E-state index contributed by atoms with van der Waals surface area (Å²) in [5, 5.41) is 12.5. The Balaban J connectivity index is 2.03. The SMILES string of the molecule is CCNc1nnc(COc2cc(F)c(Cl)cc2Br)s1. The summed E-state index contributed by atoms with van der Waals surface area (Å²) in [4.78, 5) is 0. The van der Waals surface area contributed by atoms with E-state index >= 15 is 0 Å². The van der Waals surface area contributed by atoms with Crippen molar-refractivity contribution in [3.8, 4) is 5.75 Å². The summed E-state index contributed by atoms with van der Waals surface area (Å²) in [6.45, 7) is 2.98. The minimum Gasteiger partial charge on any atom is -0.485 e. The Morgan fingerprint density at radius 3 is 3.00 bits per heavy atom. The lowest BCUT2D eigenvalue weighted by Crippen LogP contribution is -1.96. The number of ether oxygens (including phenoxy) is 1. The highest BCUT2D eigenvalue weighted by Gasteiger charge is 2.10. The minimum atomic E-state index is -0.523. The number of anilines is 1. The van der Waals surface area contributed by atoms with Gasteiger partial charge in [-0.1, -0.05) is 22.9 Å². The molecule has 0 saturated heterocycles. The first-order valence-electron chi connectivity index (χ1n) is 5.43. The molecule has 0 unspecified atom stereocenters. The van der Waals surface area contributed by atoms with Gasteiger partial charge in [0.05, 0.1) is 9.50 Å². The molecule has 0 aliphatic rings. The maximum Gasteiger partial charge on any atom is 0.205 e. The number of benzene rings is 1. The zero-order valence-corrected chi connectivity index (χ0v) is 13.1. The van der Waals surface area contributed by atoms with E-state index in [1.165, 1.54) is 23.5 Å². The molecular weight excluding hydrogens is 357 g/mol. The van der Waals surface area contributed by atoms with Crippen LogP contribution in [-0.2, 0) is 6.61 Å². The van der Waals surface area contributed by atoms with Gasteiger partial charge in [0.2, 0.25) is 5.13 Å². The maximum absolute atomic E-state index is 13.3. The van der Waals surface area contributed by atoms with Crippen molar-refractivity contribution in [3.63, 3.8) is 0 Å². The molecule has 0 aliphatic heterocycles. The fraction of sp³-hybridized carbons (Fsp3) is 0.273. The zero-order valence-electron chi connectivity index (χ0n) is 9.91. The van der Waals surface area contributed by atoms with Crippen LogP contribution in [0.2, 0.25) is 5.02 Å². The van der Waals surface area contributed by atoms with E-state index in [0.717, 1.165) is 11.7 Å². The number of rotatable bonds is 5. The van der Waals surface area contributed by atoms with E-state index in [0.29, 0.717) is 15.2 Å². The Kier molecular flexibility index (Phi) is 4.95. The minimum absolute atomic E-state index is 0.0459. The van der Waals surface area contributed by atoms with Gasteiger partial charge in [0, 0.05) is 12.6 Å². The summed E-state index contributed by atoms with van der Waals surface area (Å²) in [7, 11) is 0. The highest BCUT2D eigenvalue weighted by atomic mass is 79.9. The lowest BCUT2D eigenvalue weighted by molar-refractivity contribution is 0.301. The van der Waals surface area contributed by atoms with E-state index in [9.17, 15) is 4.39 Å². The lowest BCUT2D eigenvalue weighted by Gasteiger charge is -2.07. The smallest absolute Gasteiger partial charge is 0.205 e. The standard InChI is InChI=1S/C11H10BrClFN3OS/c1-2-15-11-17-16-10(19-11)5-18-9-4-8(14)7(13)3-6(9)12/h3-4H,2,5H2,1H3,(H,15,17). The fourth-order valence-corrected chi connectivity index (χ4v) is 2.76. The Hall–Kier alpha value is -0.920. The summed E-state index contributed by atoms with van der Waals surface area (Å²) < 4.78 is 19.4. The van der Waals surface area contributed by atoms with Gasteiger partial charge < -0.3 is 10.1 Å². The van der Waals surface area contributed by atoms with Crippen molar-refractivity contribution >= 4 is 44.0 Å². The largest absolute Gasteiger partial charge is 0.485 e. The molecule has 102 valence electrons. The van der Waals surface area contributed by atoms with Gasteiger partial charge in [-0.2, -0.15) is 0 Å². The molecule has 0 radical (unpaired) electrons. The van der Waals surface area contributed by atoms with Crippen molar-refractivity contribution < 1.29 is 9.13 Å². The van der Waals surface area contributed by atoms with Gasteiger partial charge in [-0.05, 0) is 28.9 Å². The van der Waals surface area contributed by atoms with Crippen molar-refractivity contribution in [3.05, 3.63) is 32.5 Å². The number of nitrogens with one attached hydrogen (secondary N) is 1. The number of nitrogens with zero attached hydrogens (tertiary/aromatic N) is 2. The first-order chi connectivity index (χ1) is 9.10. The first-order valence-corrected chi connectivity index (χ1v) is 7.42. The predicted molar refractivity (Wildman–Crippen MR) is 77.5 cm³/mol. The van der Waals surface area contributed by atoms with Crippen molar-refractivity contribution in [1.29, 1.82) is 0 Å². The van der Waals surface area contributed by atoms with E-state index in [2.05, 4.69) is 31.4 Å². The lowest BCUT2D eigenvalue weighted by atomic mass is 10.3. The Bertz CT molecular complexity index is 581. The van der Waals surface area contributed by atoms with Gasteiger partial charge in [-0.15, -0.1) is 10.2 Å². The molecule has 1 heterocycles. The average Bonchev–Trinajstić information content (AvgIpc) is 2.80. The molecule has 0 aliphatic carbocycles. The third-order valence-corrected chi connectivity index (χ3v) is 3.88. The number of hydrogen-bond donors (Lipinski definition) is 1. The summed E-state index contributed by atoms with van der Waals surface area (Å²) >= 11 is 10.3. The molecule has 2 rings (SSSR count). The molecule has 8 heteroatoms. The molecule has 0 saturated carbocycles.